The maximum absolute atomic E-state index is 12.7. The molecule has 0 heterocycles. The second-order valence-electron chi connectivity index (χ2n) is 4.20. The van der Waals surface area contributed by atoms with Crippen LogP contribution in [0.3, 0.4) is 0 Å². The van der Waals surface area contributed by atoms with Crippen molar-refractivity contribution >= 4 is 0 Å². The van der Waals surface area contributed by atoms with Crippen LogP contribution in [0.2, 0.25) is 0 Å². The molecular weight excluding hydrogens is 243 g/mol. The third-order valence-corrected chi connectivity index (χ3v) is 2.92. The molecule has 5 heteroatoms. The predicted molar refractivity (Wildman–Crippen MR) is 64.5 cm³/mol. The van der Waals surface area contributed by atoms with Crippen LogP contribution in [-0.4, -0.2) is 19.8 Å². The van der Waals surface area contributed by atoms with Crippen LogP contribution in [0.15, 0.2) is 24.3 Å². The fraction of sp³-hybridized carbons (Fsp3) is 0.538. The second kappa shape index (κ2) is 6.64. The van der Waals surface area contributed by atoms with Crippen molar-refractivity contribution in [1.82, 2.24) is 0 Å². The average molecular weight is 261 g/mol. The molecule has 1 atom stereocenters. The van der Waals surface area contributed by atoms with Gasteiger partial charge in [-0.25, -0.2) is 0 Å². The predicted octanol–water partition coefficient (Wildman–Crippen LogP) is 3.16. The lowest BCUT2D eigenvalue weighted by Crippen LogP contribution is -2.26. The standard InChI is InChI=1S/C13H18F3NO/c1-18-12-6-3-10(4-7-12)2-5-11(8-9-17)13(14,15)16/h3-4,6-7,11H,2,5,8-9,17H2,1H3. The quantitative estimate of drug-likeness (QED) is 0.853. The Bertz CT molecular complexity index is 348. The number of halogens is 3. The van der Waals surface area contributed by atoms with Gasteiger partial charge in [-0.05, 0) is 43.5 Å². The number of ether oxygens (including phenoxy) is 1. The molecule has 0 saturated carbocycles. The molecule has 0 aliphatic heterocycles. The number of methoxy groups -OCH3 is 1. The molecule has 2 nitrogen and oxygen atoms in total. The lowest BCUT2D eigenvalue weighted by molar-refractivity contribution is -0.177. The first kappa shape index (κ1) is 14.8. The highest BCUT2D eigenvalue weighted by Gasteiger charge is 2.38. The molecule has 102 valence electrons. The third-order valence-electron chi connectivity index (χ3n) is 2.92. The van der Waals surface area contributed by atoms with E-state index in [2.05, 4.69) is 0 Å². The van der Waals surface area contributed by atoms with E-state index in [1.807, 2.05) is 0 Å². The highest BCUT2D eigenvalue weighted by atomic mass is 19.4. The fourth-order valence-corrected chi connectivity index (χ4v) is 1.81. The van der Waals surface area contributed by atoms with Crippen molar-refractivity contribution in [3.63, 3.8) is 0 Å². The molecular formula is C13H18F3NO. The van der Waals surface area contributed by atoms with E-state index in [1.54, 1.807) is 31.4 Å². The van der Waals surface area contributed by atoms with Gasteiger partial charge in [0.05, 0.1) is 13.0 Å². The number of hydrogen-bond donors (Lipinski definition) is 1. The summed E-state index contributed by atoms with van der Waals surface area (Å²) in [7, 11) is 1.55. The first-order valence-corrected chi connectivity index (χ1v) is 5.87. The smallest absolute Gasteiger partial charge is 0.391 e. The van der Waals surface area contributed by atoms with Gasteiger partial charge >= 0.3 is 6.18 Å². The van der Waals surface area contributed by atoms with Crippen LogP contribution in [0.4, 0.5) is 13.2 Å². The zero-order valence-electron chi connectivity index (χ0n) is 10.3. The summed E-state index contributed by atoms with van der Waals surface area (Å²) in [6, 6.07) is 7.07. The maximum atomic E-state index is 12.7. The van der Waals surface area contributed by atoms with Crippen molar-refractivity contribution in [3.8, 4) is 5.75 Å². The van der Waals surface area contributed by atoms with Gasteiger partial charge in [-0.1, -0.05) is 12.1 Å². The summed E-state index contributed by atoms with van der Waals surface area (Å²) >= 11 is 0. The molecule has 0 saturated heterocycles. The lowest BCUT2D eigenvalue weighted by atomic mass is 9.96. The van der Waals surface area contributed by atoms with Gasteiger partial charge in [-0.2, -0.15) is 13.2 Å². The van der Waals surface area contributed by atoms with E-state index >= 15 is 0 Å². The van der Waals surface area contributed by atoms with Gasteiger partial charge in [-0.15, -0.1) is 0 Å². The van der Waals surface area contributed by atoms with E-state index in [0.717, 1.165) is 5.56 Å². The number of rotatable bonds is 6. The molecule has 1 unspecified atom stereocenters. The number of aryl methyl sites for hydroxylation is 1. The summed E-state index contributed by atoms with van der Waals surface area (Å²) in [6.45, 7) is 0.0623. The summed E-state index contributed by atoms with van der Waals surface area (Å²) in [5.74, 6) is -0.613. The van der Waals surface area contributed by atoms with Crippen molar-refractivity contribution in [3.05, 3.63) is 29.8 Å². The Balaban J connectivity index is 2.55. The van der Waals surface area contributed by atoms with Gasteiger partial charge in [0.15, 0.2) is 0 Å². The van der Waals surface area contributed by atoms with Crippen molar-refractivity contribution in [2.45, 2.75) is 25.4 Å². The van der Waals surface area contributed by atoms with Gasteiger partial charge in [0.25, 0.3) is 0 Å². The third kappa shape index (κ3) is 4.56. The first-order chi connectivity index (χ1) is 8.47. The van der Waals surface area contributed by atoms with E-state index in [1.165, 1.54) is 0 Å². The van der Waals surface area contributed by atoms with Gasteiger partial charge in [-0.3, -0.25) is 0 Å². The minimum Gasteiger partial charge on any atom is -0.497 e. The Hall–Kier alpha value is -1.23. The Morgan fingerprint density at radius 1 is 1.17 bits per heavy atom. The van der Waals surface area contributed by atoms with Crippen molar-refractivity contribution in [1.29, 1.82) is 0 Å². The van der Waals surface area contributed by atoms with Crippen LogP contribution in [-0.2, 0) is 6.42 Å². The van der Waals surface area contributed by atoms with Crippen molar-refractivity contribution in [2.24, 2.45) is 11.7 Å². The second-order valence-corrected chi connectivity index (χ2v) is 4.20. The Kier molecular flexibility index (Phi) is 5.47. The van der Waals surface area contributed by atoms with E-state index < -0.39 is 12.1 Å². The number of hydrogen-bond acceptors (Lipinski definition) is 2. The monoisotopic (exact) mass is 261 g/mol. The Morgan fingerprint density at radius 3 is 2.22 bits per heavy atom. The van der Waals surface area contributed by atoms with Crippen LogP contribution < -0.4 is 10.5 Å². The summed E-state index contributed by atoms with van der Waals surface area (Å²) in [4.78, 5) is 0. The maximum Gasteiger partial charge on any atom is 0.391 e. The van der Waals surface area contributed by atoms with Gasteiger partial charge in [0, 0.05) is 0 Å². The minimum absolute atomic E-state index is 0.0142. The molecule has 2 N–H and O–H groups in total. The normalized spacial score (nSPS) is 13.4. The summed E-state index contributed by atoms with van der Waals surface area (Å²) in [6.07, 6.45) is -3.70. The van der Waals surface area contributed by atoms with Gasteiger partial charge in [0.2, 0.25) is 0 Å². The van der Waals surface area contributed by atoms with Gasteiger partial charge in [0.1, 0.15) is 5.75 Å². The van der Waals surface area contributed by atoms with Crippen molar-refractivity contribution < 1.29 is 17.9 Å². The minimum atomic E-state index is -4.16. The van der Waals surface area contributed by atoms with Crippen LogP contribution in [0.5, 0.6) is 5.75 Å². The molecule has 0 bridgehead atoms. The number of benzene rings is 1. The van der Waals surface area contributed by atoms with Crippen LogP contribution in [0.1, 0.15) is 18.4 Å². The first-order valence-electron chi connectivity index (χ1n) is 5.87. The zero-order valence-corrected chi connectivity index (χ0v) is 10.3. The molecule has 1 rings (SSSR count). The molecule has 0 aromatic heterocycles. The zero-order chi connectivity index (χ0) is 13.6. The van der Waals surface area contributed by atoms with E-state index in [4.69, 9.17) is 10.5 Å². The highest BCUT2D eigenvalue weighted by Crippen LogP contribution is 2.32. The number of nitrogens with two attached hydrogens (primary N) is 1. The van der Waals surface area contributed by atoms with Crippen LogP contribution in [0.25, 0.3) is 0 Å². The topological polar surface area (TPSA) is 35.2 Å². The van der Waals surface area contributed by atoms with E-state index in [-0.39, 0.29) is 19.4 Å². The molecule has 0 radical (unpaired) electrons. The Morgan fingerprint density at radius 2 is 1.78 bits per heavy atom. The molecule has 0 aliphatic rings. The molecule has 18 heavy (non-hydrogen) atoms. The van der Waals surface area contributed by atoms with Crippen LogP contribution >= 0.6 is 0 Å². The van der Waals surface area contributed by atoms with Crippen LogP contribution in [0, 0.1) is 5.92 Å². The highest BCUT2D eigenvalue weighted by molar-refractivity contribution is 5.27. The lowest BCUT2D eigenvalue weighted by Gasteiger charge is -2.19. The van der Waals surface area contributed by atoms with E-state index in [9.17, 15) is 13.2 Å². The average Bonchev–Trinajstić information content (AvgIpc) is 2.33. The largest absolute Gasteiger partial charge is 0.497 e. The molecule has 0 fully saturated rings. The van der Waals surface area contributed by atoms with Gasteiger partial charge < -0.3 is 10.5 Å². The Labute approximate surface area is 105 Å². The van der Waals surface area contributed by atoms with Crippen molar-refractivity contribution in [2.75, 3.05) is 13.7 Å². The SMILES string of the molecule is COc1ccc(CCC(CCN)C(F)(F)F)cc1. The summed E-state index contributed by atoms with van der Waals surface area (Å²) < 4.78 is 42.9. The number of alkyl halides is 3. The molecule has 0 spiro atoms. The summed E-state index contributed by atoms with van der Waals surface area (Å²) in [5.41, 5.74) is 6.09. The molecule has 1 aromatic rings. The molecule has 0 amide bonds. The molecule has 0 aliphatic carbocycles. The summed E-state index contributed by atoms with van der Waals surface area (Å²) in [5, 5.41) is 0. The fourth-order valence-electron chi connectivity index (χ4n) is 1.81. The molecule has 1 aromatic carbocycles. The van der Waals surface area contributed by atoms with E-state index in [0.29, 0.717) is 12.2 Å².